The molecule has 1 aliphatic heterocycles. The van der Waals surface area contributed by atoms with E-state index in [-0.39, 0.29) is 12.1 Å². The smallest absolute Gasteiger partial charge is 0.226 e. The largest absolute Gasteiger partial charge is 0.357 e. The second-order valence-electron chi connectivity index (χ2n) is 3.85. The van der Waals surface area contributed by atoms with Crippen LogP contribution in [0.1, 0.15) is 23.8 Å². The highest BCUT2D eigenvalue weighted by Crippen LogP contribution is 2.34. The number of hydrogen-bond donors (Lipinski definition) is 1. The van der Waals surface area contributed by atoms with E-state index in [0.717, 1.165) is 11.1 Å². The Morgan fingerprint density at radius 2 is 2.31 bits per heavy atom. The molecular weight excluding hydrogens is 204 g/mol. The zero-order valence-corrected chi connectivity index (χ0v) is 9.35. The van der Waals surface area contributed by atoms with Crippen molar-refractivity contribution in [1.82, 2.24) is 4.90 Å². The van der Waals surface area contributed by atoms with Crippen LogP contribution in [0.15, 0.2) is 24.3 Å². The fourth-order valence-electron chi connectivity index (χ4n) is 2.09. The molecule has 0 aromatic heterocycles. The molecule has 0 spiro atoms. The minimum Gasteiger partial charge on any atom is -0.357 e. The Balaban J connectivity index is 2.24. The molecule has 2 N–H and O–H groups in total. The van der Waals surface area contributed by atoms with Gasteiger partial charge in [0.15, 0.2) is 6.23 Å². The van der Waals surface area contributed by atoms with E-state index in [0.29, 0.717) is 19.5 Å². The molecule has 0 radical (unpaired) electrons. The fourth-order valence-corrected chi connectivity index (χ4v) is 2.09. The Labute approximate surface area is 95.0 Å². The summed E-state index contributed by atoms with van der Waals surface area (Å²) < 4.78 is 5.38. The van der Waals surface area contributed by atoms with E-state index in [9.17, 15) is 4.79 Å². The van der Waals surface area contributed by atoms with Crippen LogP contribution in [0.4, 0.5) is 0 Å². The lowest BCUT2D eigenvalue weighted by Gasteiger charge is -2.23. The molecule has 1 heterocycles. The predicted molar refractivity (Wildman–Crippen MR) is 60.4 cm³/mol. The number of carbonyl (C=O) groups is 1. The molecule has 1 amide bonds. The summed E-state index contributed by atoms with van der Waals surface area (Å²) in [6, 6.07) is 7.96. The van der Waals surface area contributed by atoms with E-state index in [1.54, 1.807) is 12.0 Å². The van der Waals surface area contributed by atoms with Gasteiger partial charge in [-0.25, -0.2) is 0 Å². The summed E-state index contributed by atoms with van der Waals surface area (Å²) in [5.74, 6) is 0.0468. The number of methoxy groups -OCH3 is 1. The Morgan fingerprint density at radius 1 is 1.56 bits per heavy atom. The van der Waals surface area contributed by atoms with Gasteiger partial charge in [0.05, 0.1) is 0 Å². The average molecular weight is 220 g/mol. The van der Waals surface area contributed by atoms with Gasteiger partial charge in [-0.05, 0) is 5.56 Å². The van der Waals surface area contributed by atoms with Crippen LogP contribution in [0.2, 0.25) is 0 Å². The SMILES string of the molecule is COC1c2ccccc2CN1C(=O)CCN. The van der Waals surface area contributed by atoms with Crippen molar-refractivity contribution in [3.05, 3.63) is 35.4 Å². The molecule has 2 rings (SSSR count). The van der Waals surface area contributed by atoms with Crippen molar-refractivity contribution in [1.29, 1.82) is 0 Å². The summed E-state index contributed by atoms with van der Waals surface area (Å²) in [5, 5.41) is 0. The van der Waals surface area contributed by atoms with E-state index in [1.165, 1.54) is 0 Å². The first-order chi connectivity index (χ1) is 7.77. The highest BCUT2D eigenvalue weighted by molar-refractivity contribution is 5.77. The first-order valence-electron chi connectivity index (χ1n) is 5.38. The van der Waals surface area contributed by atoms with E-state index in [1.807, 2.05) is 24.3 Å². The minimum absolute atomic E-state index is 0.0468. The standard InChI is InChI=1S/C12H16N2O2/c1-16-12-10-5-3-2-4-9(10)8-14(12)11(15)6-7-13/h2-5,12H,6-8,13H2,1H3. The molecule has 0 fully saturated rings. The molecule has 86 valence electrons. The van der Waals surface area contributed by atoms with Crippen molar-refractivity contribution in [3.8, 4) is 0 Å². The van der Waals surface area contributed by atoms with E-state index >= 15 is 0 Å². The lowest BCUT2D eigenvalue weighted by atomic mass is 10.1. The van der Waals surface area contributed by atoms with Crippen molar-refractivity contribution >= 4 is 5.91 Å². The summed E-state index contributed by atoms with van der Waals surface area (Å²) in [5.41, 5.74) is 7.63. The van der Waals surface area contributed by atoms with Crippen molar-refractivity contribution in [2.24, 2.45) is 5.73 Å². The number of amides is 1. The van der Waals surface area contributed by atoms with Gasteiger partial charge in [-0.1, -0.05) is 24.3 Å². The molecule has 0 aliphatic carbocycles. The second-order valence-corrected chi connectivity index (χ2v) is 3.85. The maximum absolute atomic E-state index is 11.8. The lowest BCUT2D eigenvalue weighted by molar-refractivity contribution is -0.143. The molecule has 0 saturated carbocycles. The molecule has 1 atom stereocenters. The van der Waals surface area contributed by atoms with Gasteiger partial charge >= 0.3 is 0 Å². The Kier molecular flexibility index (Phi) is 3.22. The van der Waals surface area contributed by atoms with Crippen LogP contribution in [0.25, 0.3) is 0 Å². The van der Waals surface area contributed by atoms with Gasteiger partial charge in [-0.2, -0.15) is 0 Å². The minimum atomic E-state index is -0.254. The first-order valence-corrected chi connectivity index (χ1v) is 5.38. The van der Waals surface area contributed by atoms with Gasteiger partial charge < -0.3 is 15.4 Å². The fraction of sp³-hybridized carbons (Fsp3) is 0.417. The molecule has 1 aromatic rings. The summed E-state index contributed by atoms with van der Waals surface area (Å²) >= 11 is 0. The average Bonchev–Trinajstić information content (AvgIpc) is 2.67. The molecular formula is C12H16N2O2. The van der Waals surface area contributed by atoms with E-state index < -0.39 is 0 Å². The van der Waals surface area contributed by atoms with Crippen molar-refractivity contribution in [3.63, 3.8) is 0 Å². The molecule has 1 unspecified atom stereocenters. The van der Waals surface area contributed by atoms with Crippen molar-refractivity contribution in [2.75, 3.05) is 13.7 Å². The predicted octanol–water partition coefficient (Wildman–Crippen LogP) is 1.02. The van der Waals surface area contributed by atoms with Gasteiger partial charge in [0.25, 0.3) is 0 Å². The zero-order valence-electron chi connectivity index (χ0n) is 9.35. The van der Waals surface area contributed by atoms with Gasteiger partial charge in [-0.15, -0.1) is 0 Å². The van der Waals surface area contributed by atoms with Crippen LogP contribution in [0.5, 0.6) is 0 Å². The van der Waals surface area contributed by atoms with Crippen LogP contribution < -0.4 is 5.73 Å². The second kappa shape index (κ2) is 4.63. The van der Waals surface area contributed by atoms with Gasteiger partial charge in [0, 0.05) is 32.2 Å². The van der Waals surface area contributed by atoms with Gasteiger partial charge in [0.1, 0.15) is 0 Å². The van der Waals surface area contributed by atoms with Crippen LogP contribution in [0.3, 0.4) is 0 Å². The zero-order chi connectivity index (χ0) is 11.5. The quantitative estimate of drug-likeness (QED) is 0.827. The molecule has 1 aliphatic rings. The van der Waals surface area contributed by atoms with Crippen LogP contribution in [-0.4, -0.2) is 24.5 Å². The molecule has 4 heteroatoms. The molecule has 4 nitrogen and oxygen atoms in total. The summed E-state index contributed by atoms with van der Waals surface area (Å²) in [6.45, 7) is 0.996. The maximum atomic E-state index is 11.8. The highest BCUT2D eigenvalue weighted by Gasteiger charge is 2.32. The number of benzene rings is 1. The maximum Gasteiger partial charge on any atom is 0.226 e. The number of nitrogens with two attached hydrogens (primary N) is 1. The number of hydrogen-bond acceptors (Lipinski definition) is 3. The van der Waals surface area contributed by atoms with E-state index in [4.69, 9.17) is 10.5 Å². The van der Waals surface area contributed by atoms with Gasteiger partial charge in [0.2, 0.25) is 5.91 Å². The third kappa shape index (κ3) is 1.81. The number of carbonyl (C=O) groups excluding carboxylic acids is 1. The normalized spacial score (nSPS) is 18.6. The third-order valence-corrected chi connectivity index (χ3v) is 2.85. The van der Waals surface area contributed by atoms with Crippen molar-refractivity contribution in [2.45, 2.75) is 19.2 Å². The highest BCUT2D eigenvalue weighted by atomic mass is 16.5. The lowest BCUT2D eigenvalue weighted by Crippen LogP contribution is -2.31. The van der Waals surface area contributed by atoms with Crippen LogP contribution in [0, 0.1) is 0 Å². The van der Waals surface area contributed by atoms with Gasteiger partial charge in [-0.3, -0.25) is 4.79 Å². The van der Waals surface area contributed by atoms with Crippen LogP contribution in [-0.2, 0) is 16.1 Å². The molecule has 16 heavy (non-hydrogen) atoms. The topological polar surface area (TPSA) is 55.6 Å². The Hall–Kier alpha value is -1.39. The monoisotopic (exact) mass is 220 g/mol. The number of nitrogens with zero attached hydrogens (tertiary/aromatic N) is 1. The number of rotatable bonds is 3. The number of ether oxygens (including phenoxy) is 1. The van der Waals surface area contributed by atoms with E-state index in [2.05, 4.69) is 0 Å². The summed E-state index contributed by atoms with van der Waals surface area (Å²) in [7, 11) is 1.62. The number of fused-ring (bicyclic) bond motifs is 1. The summed E-state index contributed by atoms with van der Waals surface area (Å²) in [6.07, 6.45) is 0.114. The molecule has 0 bridgehead atoms. The molecule has 0 saturated heterocycles. The van der Waals surface area contributed by atoms with Crippen LogP contribution >= 0.6 is 0 Å². The Morgan fingerprint density at radius 3 is 3.00 bits per heavy atom. The molecule has 1 aromatic carbocycles. The Bertz CT molecular complexity index is 392. The first kappa shape index (κ1) is 11.1. The third-order valence-electron chi connectivity index (χ3n) is 2.85. The summed E-state index contributed by atoms with van der Waals surface area (Å²) in [4.78, 5) is 13.6. The van der Waals surface area contributed by atoms with Crippen molar-refractivity contribution < 1.29 is 9.53 Å².